The molecule has 3 N–H and O–H groups in total. The zero-order chi connectivity index (χ0) is 11.5. The summed E-state index contributed by atoms with van der Waals surface area (Å²) in [5.74, 6) is 0. The van der Waals surface area contributed by atoms with Crippen LogP contribution in [0.1, 0.15) is 0 Å². The van der Waals surface area contributed by atoms with Crippen molar-refractivity contribution in [1.82, 2.24) is 0 Å². The standard InChI is InChI=1S/C12H10BrClN2/c13-11-7-9(15)4-5-12(11)16-10-3-1-2-8(14)6-10/h1-7,16H,15H2. The maximum atomic E-state index is 5.90. The quantitative estimate of drug-likeness (QED) is 0.805. The summed E-state index contributed by atoms with van der Waals surface area (Å²) in [6.07, 6.45) is 0. The molecule has 0 unspecified atom stereocenters. The molecule has 0 aliphatic heterocycles. The number of nitrogens with one attached hydrogen (secondary N) is 1. The predicted molar refractivity (Wildman–Crippen MR) is 73.3 cm³/mol. The van der Waals surface area contributed by atoms with Gasteiger partial charge >= 0.3 is 0 Å². The second kappa shape index (κ2) is 4.76. The van der Waals surface area contributed by atoms with Crippen molar-refractivity contribution >= 4 is 44.6 Å². The zero-order valence-corrected chi connectivity index (χ0v) is 10.7. The van der Waals surface area contributed by atoms with Crippen molar-refractivity contribution in [3.63, 3.8) is 0 Å². The minimum Gasteiger partial charge on any atom is -0.399 e. The number of hydrogen-bond donors (Lipinski definition) is 2. The summed E-state index contributed by atoms with van der Waals surface area (Å²) >= 11 is 9.35. The second-order valence-electron chi connectivity index (χ2n) is 3.37. The Labute approximate surface area is 108 Å². The van der Waals surface area contributed by atoms with Crippen LogP contribution in [0.15, 0.2) is 46.9 Å². The van der Waals surface area contributed by atoms with Gasteiger partial charge in [-0.2, -0.15) is 0 Å². The number of nitrogen functional groups attached to an aromatic ring is 1. The summed E-state index contributed by atoms with van der Waals surface area (Å²) in [7, 11) is 0. The van der Waals surface area contributed by atoms with Gasteiger partial charge in [0.05, 0.1) is 5.69 Å². The van der Waals surface area contributed by atoms with E-state index >= 15 is 0 Å². The van der Waals surface area contributed by atoms with E-state index in [0.29, 0.717) is 5.02 Å². The highest BCUT2D eigenvalue weighted by Crippen LogP contribution is 2.28. The summed E-state index contributed by atoms with van der Waals surface area (Å²) in [6, 6.07) is 13.2. The van der Waals surface area contributed by atoms with Crippen LogP contribution < -0.4 is 11.1 Å². The van der Waals surface area contributed by atoms with E-state index in [1.807, 2.05) is 42.5 Å². The molecule has 82 valence electrons. The van der Waals surface area contributed by atoms with E-state index in [1.54, 1.807) is 0 Å². The van der Waals surface area contributed by atoms with Gasteiger partial charge in [-0.25, -0.2) is 0 Å². The molecule has 0 amide bonds. The molecule has 0 aromatic heterocycles. The third kappa shape index (κ3) is 2.68. The van der Waals surface area contributed by atoms with Gasteiger partial charge in [-0.3, -0.25) is 0 Å². The average Bonchev–Trinajstić information content (AvgIpc) is 2.22. The number of hydrogen-bond acceptors (Lipinski definition) is 2. The van der Waals surface area contributed by atoms with E-state index in [2.05, 4.69) is 21.2 Å². The molecular formula is C12H10BrClN2. The summed E-state index contributed by atoms with van der Waals surface area (Å²) in [6.45, 7) is 0. The van der Waals surface area contributed by atoms with Gasteiger partial charge in [0.1, 0.15) is 0 Å². The lowest BCUT2D eigenvalue weighted by molar-refractivity contribution is 1.52. The van der Waals surface area contributed by atoms with Crippen molar-refractivity contribution in [2.24, 2.45) is 0 Å². The second-order valence-corrected chi connectivity index (χ2v) is 4.67. The third-order valence-electron chi connectivity index (χ3n) is 2.10. The fraction of sp³-hybridized carbons (Fsp3) is 0. The third-order valence-corrected chi connectivity index (χ3v) is 2.99. The number of rotatable bonds is 2. The van der Waals surface area contributed by atoms with Gasteiger partial charge in [0, 0.05) is 20.9 Å². The van der Waals surface area contributed by atoms with Crippen molar-refractivity contribution in [1.29, 1.82) is 0 Å². The molecule has 2 rings (SSSR count). The van der Waals surface area contributed by atoms with Crippen molar-refractivity contribution < 1.29 is 0 Å². The molecular weight excluding hydrogens is 288 g/mol. The van der Waals surface area contributed by atoms with Gasteiger partial charge < -0.3 is 11.1 Å². The van der Waals surface area contributed by atoms with Crippen LogP contribution in [0.25, 0.3) is 0 Å². The SMILES string of the molecule is Nc1ccc(Nc2cccc(Cl)c2)c(Br)c1. The first-order chi connectivity index (χ1) is 7.65. The normalized spacial score (nSPS) is 10.1. The molecule has 0 saturated carbocycles. The lowest BCUT2D eigenvalue weighted by Gasteiger charge is -2.09. The molecule has 2 nitrogen and oxygen atoms in total. The molecule has 2 aromatic carbocycles. The molecule has 0 bridgehead atoms. The number of halogens is 2. The molecule has 0 radical (unpaired) electrons. The average molecular weight is 298 g/mol. The van der Waals surface area contributed by atoms with Gasteiger partial charge in [-0.05, 0) is 52.3 Å². The van der Waals surface area contributed by atoms with Crippen LogP contribution in [0.5, 0.6) is 0 Å². The van der Waals surface area contributed by atoms with Crippen molar-refractivity contribution in [2.75, 3.05) is 11.1 Å². The predicted octanol–water partition coefficient (Wildman–Crippen LogP) is 4.43. The van der Waals surface area contributed by atoms with Gasteiger partial charge in [0.2, 0.25) is 0 Å². The molecule has 2 aromatic rings. The molecule has 0 fully saturated rings. The Hall–Kier alpha value is -1.19. The smallest absolute Gasteiger partial charge is 0.0530 e. The van der Waals surface area contributed by atoms with Crippen LogP contribution in [0.2, 0.25) is 5.02 Å². The van der Waals surface area contributed by atoms with Crippen molar-refractivity contribution in [2.45, 2.75) is 0 Å². The maximum absolute atomic E-state index is 5.90. The Morgan fingerprint density at radius 1 is 1.12 bits per heavy atom. The summed E-state index contributed by atoms with van der Waals surface area (Å²) in [5.41, 5.74) is 8.29. The number of nitrogens with two attached hydrogens (primary N) is 1. The Morgan fingerprint density at radius 3 is 2.62 bits per heavy atom. The Balaban J connectivity index is 2.27. The van der Waals surface area contributed by atoms with Gasteiger partial charge in [-0.1, -0.05) is 17.7 Å². The highest BCUT2D eigenvalue weighted by Gasteiger charge is 2.00. The van der Waals surface area contributed by atoms with E-state index in [1.165, 1.54) is 0 Å². The summed E-state index contributed by atoms with van der Waals surface area (Å²) < 4.78 is 0.924. The Kier molecular flexibility index (Phi) is 3.36. The van der Waals surface area contributed by atoms with Crippen molar-refractivity contribution in [3.8, 4) is 0 Å². The van der Waals surface area contributed by atoms with Crippen LogP contribution in [-0.4, -0.2) is 0 Å². The Morgan fingerprint density at radius 2 is 1.94 bits per heavy atom. The summed E-state index contributed by atoms with van der Waals surface area (Å²) in [4.78, 5) is 0. The summed E-state index contributed by atoms with van der Waals surface area (Å²) in [5, 5.41) is 3.96. The number of anilines is 3. The van der Waals surface area contributed by atoms with Crippen LogP contribution in [0, 0.1) is 0 Å². The molecule has 0 spiro atoms. The zero-order valence-electron chi connectivity index (χ0n) is 8.37. The van der Waals surface area contributed by atoms with E-state index in [9.17, 15) is 0 Å². The van der Waals surface area contributed by atoms with Gasteiger partial charge in [0.15, 0.2) is 0 Å². The lowest BCUT2D eigenvalue weighted by Crippen LogP contribution is -1.92. The van der Waals surface area contributed by atoms with E-state index < -0.39 is 0 Å². The van der Waals surface area contributed by atoms with Gasteiger partial charge in [-0.15, -0.1) is 0 Å². The minimum absolute atomic E-state index is 0.705. The van der Waals surface area contributed by atoms with Crippen LogP contribution in [-0.2, 0) is 0 Å². The largest absolute Gasteiger partial charge is 0.399 e. The molecule has 0 aliphatic carbocycles. The highest BCUT2D eigenvalue weighted by molar-refractivity contribution is 9.10. The van der Waals surface area contributed by atoms with E-state index in [-0.39, 0.29) is 0 Å². The first-order valence-electron chi connectivity index (χ1n) is 4.73. The van der Waals surface area contributed by atoms with E-state index in [0.717, 1.165) is 21.5 Å². The molecule has 0 saturated heterocycles. The molecule has 16 heavy (non-hydrogen) atoms. The highest BCUT2D eigenvalue weighted by atomic mass is 79.9. The Bertz CT molecular complexity index is 514. The molecule has 0 aliphatic rings. The topological polar surface area (TPSA) is 38.0 Å². The molecule has 4 heteroatoms. The first kappa shape index (κ1) is 11.3. The van der Waals surface area contributed by atoms with Crippen molar-refractivity contribution in [3.05, 3.63) is 52.0 Å². The number of benzene rings is 2. The van der Waals surface area contributed by atoms with Gasteiger partial charge in [0.25, 0.3) is 0 Å². The lowest BCUT2D eigenvalue weighted by atomic mass is 10.2. The monoisotopic (exact) mass is 296 g/mol. The van der Waals surface area contributed by atoms with Crippen LogP contribution >= 0.6 is 27.5 Å². The molecule has 0 atom stereocenters. The van der Waals surface area contributed by atoms with E-state index in [4.69, 9.17) is 17.3 Å². The fourth-order valence-electron chi connectivity index (χ4n) is 1.35. The molecule has 0 heterocycles. The minimum atomic E-state index is 0.705. The van der Waals surface area contributed by atoms with Crippen LogP contribution in [0.4, 0.5) is 17.1 Å². The fourth-order valence-corrected chi connectivity index (χ4v) is 2.04. The first-order valence-corrected chi connectivity index (χ1v) is 5.90. The maximum Gasteiger partial charge on any atom is 0.0530 e. The van der Waals surface area contributed by atoms with Crippen LogP contribution in [0.3, 0.4) is 0 Å².